The van der Waals surface area contributed by atoms with Gasteiger partial charge in [0.15, 0.2) is 0 Å². The van der Waals surface area contributed by atoms with Crippen molar-refractivity contribution in [3.8, 4) is 0 Å². The van der Waals surface area contributed by atoms with E-state index in [1.54, 1.807) is 14.2 Å². The quantitative estimate of drug-likeness (QED) is 0.493. The van der Waals surface area contributed by atoms with Crippen molar-refractivity contribution in [2.75, 3.05) is 47.1 Å². The van der Waals surface area contributed by atoms with Gasteiger partial charge in [-0.2, -0.15) is 0 Å². The van der Waals surface area contributed by atoms with Gasteiger partial charge in [0.05, 0.1) is 32.0 Å². The molecule has 0 aromatic carbocycles. The van der Waals surface area contributed by atoms with Gasteiger partial charge in [-0.3, -0.25) is 0 Å². The molecular weight excluding hydrogens is 198 g/mol. The lowest BCUT2D eigenvalue weighted by atomic mass is 10.3. The summed E-state index contributed by atoms with van der Waals surface area (Å²) in [4.78, 5) is 0. The van der Waals surface area contributed by atoms with E-state index in [1.807, 2.05) is 6.92 Å². The third kappa shape index (κ3) is 10.1. The van der Waals surface area contributed by atoms with Gasteiger partial charge in [-0.1, -0.05) is 0 Å². The molecule has 0 bridgehead atoms. The third-order valence-electron chi connectivity index (χ3n) is 1.84. The van der Waals surface area contributed by atoms with Crippen LogP contribution in [0.4, 0.5) is 0 Å². The summed E-state index contributed by atoms with van der Waals surface area (Å²) >= 11 is 0. The summed E-state index contributed by atoms with van der Waals surface area (Å²) in [6, 6.07) is 0. The van der Waals surface area contributed by atoms with Gasteiger partial charge in [0.2, 0.25) is 0 Å². The Kier molecular flexibility index (Phi) is 10.2. The molecule has 92 valence electrons. The average Bonchev–Trinajstić information content (AvgIpc) is 2.22. The molecule has 0 aromatic heterocycles. The molecule has 0 saturated heterocycles. The van der Waals surface area contributed by atoms with Crippen LogP contribution < -0.4 is 5.32 Å². The molecule has 0 aliphatic heterocycles. The molecule has 15 heavy (non-hydrogen) atoms. The van der Waals surface area contributed by atoms with Crippen molar-refractivity contribution in [2.24, 2.45) is 0 Å². The van der Waals surface area contributed by atoms with Crippen molar-refractivity contribution in [1.29, 1.82) is 0 Å². The Labute approximate surface area is 91.7 Å². The summed E-state index contributed by atoms with van der Waals surface area (Å²) in [5.41, 5.74) is 0. The minimum Gasteiger partial charge on any atom is -0.389 e. The highest BCUT2D eigenvalue weighted by Crippen LogP contribution is 1.93. The van der Waals surface area contributed by atoms with E-state index in [0.717, 1.165) is 6.54 Å². The molecule has 0 spiro atoms. The SMILES string of the molecule is COCCNCC(O)COC(C)COC. The van der Waals surface area contributed by atoms with Gasteiger partial charge in [0.1, 0.15) is 0 Å². The van der Waals surface area contributed by atoms with E-state index in [4.69, 9.17) is 14.2 Å². The van der Waals surface area contributed by atoms with E-state index < -0.39 is 6.10 Å². The van der Waals surface area contributed by atoms with Crippen LogP contribution in [-0.4, -0.2) is 64.4 Å². The summed E-state index contributed by atoms with van der Waals surface area (Å²) in [5, 5.41) is 12.6. The summed E-state index contributed by atoms with van der Waals surface area (Å²) in [6.07, 6.45) is -0.468. The smallest absolute Gasteiger partial charge is 0.0897 e. The van der Waals surface area contributed by atoms with E-state index in [1.165, 1.54) is 0 Å². The Morgan fingerprint density at radius 1 is 1.20 bits per heavy atom. The van der Waals surface area contributed by atoms with Gasteiger partial charge in [-0.05, 0) is 6.92 Å². The topological polar surface area (TPSA) is 60.0 Å². The fourth-order valence-corrected chi connectivity index (χ4v) is 1.06. The summed E-state index contributed by atoms with van der Waals surface area (Å²) in [6.45, 7) is 4.68. The van der Waals surface area contributed by atoms with Crippen molar-refractivity contribution in [1.82, 2.24) is 5.32 Å². The van der Waals surface area contributed by atoms with Gasteiger partial charge in [0.25, 0.3) is 0 Å². The first-order valence-electron chi connectivity index (χ1n) is 5.19. The van der Waals surface area contributed by atoms with Crippen LogP contribution in [0.15, 0.2) is 0 Å². The zero-order chi connectivity index (χ0) is 11.5. The lowest BCUT2D eigenvalue weighted by Crippen LogP contribution is -2.33. The van der Waals surface area contributed by atoms with Gasteiger partial charge in [0, 0.05) is 27.3 Å². The number of methoxy groups -OCH3 is 2. The second-order valence-corrected chi connectivity index (χ2v) is 3.45. The third-order valence-corrected chi connectivity index (χ3v) is 1.84. The number of hydrogen-bond acceptors (Lipinski definition) is 5. The van der Waals surface area contributed by atoms with Crippen LogP contribution in [0.5, 0.6) is 0 Å². The number of ether oxygens (including phenoxy) is 3. The molecule has 0 aliphatic rings. The molecule has 0 radical (unpaired) electrons. The normalized spacial score (nSPS) is 15.2. The molecule has 2 N–H and O–H groups in total. The van der Waals surface area contributed by atoms with Crippen molar-refractivity contribution in [3.05, 3.63) is 0 Å². The lowest BCUT2D eigenvalue weighted by Gasteiger charge is -2.16. The summed E-state index contributed by atoms with van der Waals surface area (Å²) in [5.74, 6) is 0. The van der Waals surface area contributed by atoms with Crippen LogP contribution in [0, 0.1) is 0 Å². The molecular formula is C10H23NO4. The average molecular weight is 221 g/mol. The fourth-order valence-electron chi connectivity index (χ4n) is 1.06. The van der Waals surface area contributed by atoms with Gasteiger partial charge >= 0.3 is 0 Å². The van der Waals surface area contributed by atoms with Gasteiger partial charge in [-0.15, -0.1) is 0 Å². The first kappa shape index (κ1) is 14.8. The Hall–Kier alpha value is -0.200. The van der Waals surface area contributed by atoms with Crippen LogP contribution in [0.2, 0.25) is 0 Å². The van der Waals surface area contributed by atoms with E-state index in [0.29, 0.717) is 26.4 Å². The maximum Gasteiger partial charge on any atom is 0.0897 e. The molecule has 5 nitrogen and oxygen atoms in total. The Morgan fingerprint density at radius 3 is 2.53 bits per heavy atom. The molecule has 0 rings (SSSR count). The molecule has 0 aliphatic carbocycles. The maximum absolute atomic E-state index is 9.50. The van der Waals surface area contributed by atoms with Crippen molar-refractivity contribution in [3.63, 3.8) is 0 Å². The molecule has 0 saturated carbocycles. The highest BCUT2D eigenvalue weighted by Gasteiger charge is 2.07. The molecule has 5 heteroatoms. The highest BCUT2D eigenvalue weighted by atomic mass is 16.5. The van der Waals surface area contributed by atoms with E-state index >= 15 is 0 Å². The van der Waals surface area contributed by atoms with E-state index in [2.05, 4.69) is 5.32 Å². The zero-order valence-electron chi connectivity index (χ0n) is 9.86. The highest BCUT2D eigenvalue weighted by molar-refractivity contribution is 4.59. The van der Waals surface area contributed by atoms with Crippen LogP contribution in [0.25, 0.3) is 0 Å². The molecule has 2 unspecified atom stereocenters. The molecule has 0 fully saturated rings. The first-order chi connectivity index (χ1) is 7.20. The fraction of sp³-hybridized carbons (Fsp3) is 1.00. The van der Waals surface area contributed by atoms with Crippen LogP contribution in [0.3, 0.4) is 0 Å². The minimum atomic E-state index is -0.485. The lowest BCUT2D eigenvalue weighted by molar-refractivity contribution is -0.0312. The summed E-state index contributed by atoms with van der Waals surface area (Å²) in [7, 11) is 3.27. The van der Waals surface area contributed by atoms with Crippen LogP contribution >= 0.6 is 0 Å². The Morgan fingerprint density at radius 2 is 1.93 bits per heavy atom. The van der Waals surface area contributed by atoms with Crippen molar-refractivity contribution < 1.29 is 19.3 Å². The minimum absolute atomic E-state index is 0.0172. The van der Waals surface area contributed by atoms with E-state index in [-0.39, 0.29) is 6.10 Å². The van der Waals surface area contributed by atoms with Crippen molar-refractivity contribution >= 4 is 0 Å². The second kappa shape index (κ2) is 10.3. The predicted molar refractivity (Wildman–Crippen MR) is 58.0 cm³/mol. The summed E-state index contributed by atoms with van der Waals surface area (Å²) < 4.78 is 15.1. The molecule has 0 heterocycles. The number of aliphatic hydroxyl groups excluding tert-OH is 1. The van der Waals surface area contributed by atoms with Gasteiger partial charge in [-0.25, -0.2) is 0 Å². The maximum atomic E-state index is 9.50. The largest absolute Gasteiger partial charge is 0.389 e. The Balaban J connectivity index is 3.28. The predicted octanol–water partition coefficient (Wildman–Crippen LogP) is -0.365. The van der Waals surface area contributed by atoms with E-state index in [9.17, 15) is 5.11 Å². The van der Waals surface area contributed by atoms with Crippen molar-refractivity contribution in [2.45, 2.75) is 19.1 Å². The van der Waals surface area contributed by atoms with Crippen LogP contribution in [0.1, 0.15) is 6.92 Å². The number of nitrogens with one attached hydrogen (secondary N) is 1. The second-order valence-electron chi connectivity index (χ2n) is 3.45. The standard InChI is InChI=1S/C10H23NO4/c1-9(7-14-3)15-8-10(12)6-11-4-5-13-2/h9-12H,4-8H2,1-3H3. The number of rotatable bonds is 10. The first-order valence-corrected chi connectivity index (χ1v) is 5.19. The molecule has 2 atom stereocenters. The number of aliphatic hydroxyl groups is 1. The number of hydrogen-bond donors (Lipinski definition) is 2. The monoisotopic (exact) mass is 221 g/mol. The molecule has 0 aromatic rings. The molecule has 0 amide bonds. The van der Waals surface area contributed by atoms with Crippen LogP contribution in [-0.2, 0) is 14.2 Å². The zero-order valence-corrected chi connectivity index (χ0v) is 9.86. The van der Waals surface area contributed by atoms with Gasteiger partial charge < -0.3 is 24.6 Å². The Bertz CT molecular complexity index is 135.